The maximum Gasteiger partial charge on any atom is 0.341 e. The van der Waals surface area contributed by atoms with Crippen molar-refractivity contribution in [3.8, 4) is 5.75 Å². The first-order valence-corrected chi connectivity index (χ1v) is 9.65. The highest BCUT2D eigenvalue weighted by Crippen LogP contribution is 2.27. The van der Waals surface area contributed by atoms with E-state index in [1.165, 1.54) is 6.20 Å². The van der Waals surface area contributed by atoms with Crippen LogP contribution in [0.4, 0.5) is 10.1 Å². The van der Waals surface area contributed by atoms with Crippen molar-refractivity contribution >= 4 is 22.6 Å². The lowest BCUT2D eigenvalue weighted by Gasteiger charge is -2.22. The van der Waals surface area contributed by atoms with Gasteiger partial charge in [0.1, 0.15) is 17.1 Å². The topological polar surface area (TPSA) is 71.8 Å². The summed E-state index contributed by atoms with van der Waals surface area (Å²) < 4.78 is 21.9. The van der Waals surface area contributed by atoms with E-state index in [2.05, 4.69) is 0 Å². The van der Waals surface area contributed by atoms with Crippen LogP contribution in [-0.2, 0) is 13.1 Å². The molecule has 6 nitrogen and oxygen atoms in total. The summed E-state index contributed by atoms with van der Waals surface area (Å²) in [4.78, 5) is 25.9. The molecule has 0 aliphatic rings. The summed E-state index contributed by atoms with van der Waals surface area (Å²) in [6, 6.07) is 10.3. The Hall–Kier alpha value is -3.35. The Kier molecular flexibility index (Phi) is 6.10. The number of benzene rings is 2. The van der Waals surface area contributed by atoms with Crippen molar-refractivity contribution in [2.75, 3.05) is 19.1 Å². The van der Waals surface area contributed by atoms with Crippen molar-refractivity contribution in [1.82, 2.24) is 4.57 Å². The van der Waals surface area contributed by atoms with Crippen LogP contribution in [0.5, 0.6) is 5.75 Å². The second kappa shape index (κ2) is 8.57. The first kappa shape index (κ1) is 21.4. The number of aromatic carboxylic acids is 1. The molecule has 1 N–H and O–H groups in total. The van der Waals surface area contributed by atoms with Gasteiger partial charge in [0.25, 0.3) is 0 Å². The Labute approximate surface area is 174 Å². The van der Waals surface area contributed by atoms with Crippen molar-refractivity contribution in [1.29, 1.82) is 0 Å². The molecule has 30 heavy (non-hydrogen) atoms. The van der Waals surface area contributed by atoms with Crippen molar-refractivity contribution in [3.63, 3.8) is 0 Å². The van der Waals surface area contributed by atoms with Gasteiger partial charge in [-0.1, -0.05) is 26.0 Å². The second-order valence-electron chi connectivity index (χ2n) is 7.75. The summed E-state index contributed by atoms with van der Waals surface area (Å²) in [7, 11) is 3.35. The number of halogens is 1. The fourth-order valence-electron chi connectivity index (χ4n) is 3.52. The van der Waals surface area contributed by atoms with Gasteiger partial charge in [0.2, 0.25) is 5.43 Å². The molecule has 0 radical (unpaired) electrons. The average molecular weight is 412 g/mol. The van der Waals surface area contributed by atoms with Crippen molar-refractivity contribution in [2.24, 2.45) is 5.92 Å². The van der Waals surface area contributed by atoms with Gasteiger partial charge in [-0.05, 0) is 35.7 Å². The number of anilines is 1. The molecule has 0 spiro atoms. The van der Waals surface area contributed by atoms with Crippen molar-refractivity contribution in [3.05, 3.63) is 69.8 Å². The summed E-state index contributed by atoms with van der Waals surface area (Å²) in [6.45, 7) is 4.91. The number of hydrogen-bond donors (Lipinski definition) is 1. The SMILES string of the molecule is COc1cccc(CN(C)c2cc3c(cc2F)c(=O)c(C(=O)O)cn3CC(C)C)c1. The third-order valence-corrected chi connectivity index (χ3v) is 4.91. The van der Waals surface area contributed by atoms with Gasteiger partial charge in [-0.15, -0.1) is 0 Å². The number of aromatic nitrogens is 1. The molecule has 0 atom stereocenters. The highest BCUT2D eigenvalue weighted by molar-refractivity contribution is 5.93. The molecule has 0 unspecified atom stereocenters. The predicted molar refractivity (Wildman–Crippen MR) is 115 cm³/mol. The minimum atomic E-state index is -1.32. The van der Waals surface area contributed by atoms with Gasteiger partial charge in [0, 0.05) is 31.7 Å². The van der Waals surface area contributed by atoms with Crippen LogP contribution in [0.2, 0.25) is 0 Å². The first-order chi connectivity index (χ1) is 14.2. The molecule has 3 aromatic rings. The molecule has 0 saturated heterocycles. The Bertz CT molecular complexity index is 1150. The molecule has 158 valence electrons. The Morgan fingerprint density at radius 1 is 1.27 bits per heavy atom. The number of hydrogen-bond acceptors (Lipinski definition) is 4. The van der Waals surface area contributed by atoms with Gasteiger partial charge in [0.15, 0.2) is 0 Å². The van der Waals surface area contributed by atoms with Crippen LogP contribution >= 0.6 is 0 Å². The minimum Gasteiger partial charge on any atom is -0.497 e. The van der Waals surface area contributed by atoms with E-state index in [9.17, 15) is 19.1 Å². The van der Waals surface area contributed by atoms with E-state index in [4.69, 9.17) is 4.74 Å². The van der Waals surface area contributed by atoms with Gasteiger partial charge >= 0.3 is 5.97 Å². The number of methoxy groups -OCH3 is 1. The van der Waals surface area contributed by atoms with Gasteiger partial charge in [-0.2, -0.15) is 0 Å². The van der Waals surface area contributed by atoms with Crippen LogP contribution in [-0.4, -0.2) is 29.8 Å². The van der Waals surface area contributed by atoms with Gasteiger partial charge < -0.3 is 19.3 Å². The monoisotopic (exact) mass is 412 g/mol. The maximum absolute atomic E-state index is 15.0. The molecule has 3 rings (SSSR count). The van der Waals surface area contributed by atoms with E-state index >= 15 is 0 Å². The van der Waals surface area contributed by atoms with Crippen molar-refractivity contribution < 1.29 is 19.0 Å². The zero-order valence-corrected chi connectivity index (χ0v) is 17.5. The van der Waals surface area contributed by atoms with E-state index in [1.54, 1.807) is 29.7 Å². The number of carboxylic acid groups (broad SMARTS) is 1. The van der Waals surface area contributed by atoms with Crippen LogP contribution in [0.25, 0.3) is 10.9 Å². The Balaban J connectivity index is 2.11. The van der Waals surface area contributed by atoms with Gasteiger partial charge in [0.05, 0.1) is 18.3 Å². The third kappa shape index (κ3) is 4.30. The molecule has 0 bridgehead atoms. The number of pyridine rings is 1. The number of carboxylic acids is 1. The highest BCUT2D eigenvalue weighted by atomic mass is 19.1. The van der Waals surface area contributed by atoms with Gasteiger partial charge in [-0.3, -0.25) is 4.79 Å². The van der Waals surface area contributed by atoms with Crippen LogP contribution in [0.1, 0.15) is 29.8 Å². The number of rotatable bonds is 7. The second-order valence-corrected chi connectivity index (χ2v) is 7.75. The molecular formula is C23H25FN2O4. The number of carbonyl (C=O) groups is 1. The van der Waals surface area contributed by atoms with Crippen LogP contribution in [0.3, 0.4) is 0 Å². The molecule has 0 aliphatic heterocycles. The molecule has 2 aromatic carbocycles. The summed E-state index contributed by atoms with van der Waals surface area (Å²) in [5.74, 6) is -0.977. The predicted octanol–water partition coefficient (Wildman–Crippen LogP) is 4.14. The lowest BCUT2D eigenvalue weighted by molar-refractivity contribution is 0.0694. The average Bonchev–Trinajstić information content (AvgIpc) is 2.69. The summed E-state index contributed by atoms with van der Waals surface area (Å²) >= 11 is 0. The number of fused-ring (bicyclic) bond motifs is 1. The van der Waals surface area contributed by atoms with Gasteiger partial charge in [-0.25, -0.2) is 9.18 Å². The smallest absolute Gasteiger partial charge is 0.341 e. The van der Waals surface area contributed by atoms with E-state index in [-0.39, 0.29) is 16.9 Å². The molecule has 0 fully saturated rings. The molecule has 1 aromatic heterocycles. The normalized spacial score (nSPS) is 11.1. The zero-order chi connectivity index (χ0) is 22.0. The fourth-order valence-corrected chi connectivity index (χ4v) is 3.52. The largest absolute Gasteiger partial charge is 0.497 e. The molecule has 0 amide bonds. The standard InChI is InChI=1S/C23H25FN2O4/c1-14(2)11-26-13-18(23(28)29)22(27)17-9-19(24)21(10-20(17)26)25(3)12-15-6-5-7-16(8-15)30-4/h5-10,13-14H,11-12H2,1-4H3,(H,28,29). The van der Waals surface area contributed by atoms with E-state index in [0.717, 1.165) is 11.6 Å². The lowest BCUT2D eigenvalue weighted by Crippen LogP contribution is -2.22. The number of nitrogens with zero attached hydrogens (tertiary/aromatic N) is 2. The Morgan fingerprint density at radius 3 is 2.63 bits per heavy atom. The minimum absolute atomic E-state index is 0.0616. The maximum atomic E-state index is 15.0. The van der Waals surface area contributed by atoms with Crippen molar-refractivity contribution in [2.45, 2.75) is 26.9 Å². The molecule has 0 aliphatic carbocycles. The summed E-state index contributed by atoms with van der Waals surface area (Å²) in [5.41, 5.74) is 0.730. The summed E-state index contributed by atoms with van der Waals surface area (Å²) in [6.07, 6.45) is 1.34. The highest BCUT2D eigenvalue weighted by Gasteiger charge is 2.19. The number of ether oxygens (including phenoxy) is 1. The first-order valence-electron chi connectivity index (χ1n) is 9.65. The molecule has 1 heterocycles. The van der Waals surface area contributed by atoms with E-state index < -0.39 is 17.2 Å². The molecule has 7 heteroatoms. The van der Waals surface area contributed by atoms with Crippen LogP contribution in [0.15, 0.2) is 47.4 Å². The fraction of sp³-hybridized carbons (Fsp3) is 0.304. The Morgan fingerprint density at radius 2 is 2.00 bits per heavy atom. The quantitative estimate of drug-likeness (QED) is 0.632. The molecule has 0 saturated carbocycles. The zero-order valence-electron chi connectivity index (χ0n) is 17.5. The van der Waals surface area contributed by atoms with Crippen LogP contribution < -0.4 is 15.1 Å². The van der Waals surface area contributed by atoms with Crippen LogP contribution in [0, 0.1) is 11.7 Å². The van der Waals surface area contributed by atoms with E-state index in [1.807, 2.05) is 38.1 Å². The summed E-state index contributed by atoms with van der Waals surface area (Å²) in [5, 5.41) is 9.44. The molecular weight excluding hydrogens is 387 g/mol. The third-order valence-electron chi connectivity index (χ3n) is 4.91. The van der Waals surface area contributed by atoms with E-state index in [0.29, 0.717) is 30.0 Å². The lowest BCUT2D eigenvalue weighted by atomic mass is 10.1.